The molecule has 2 rings (SSSR count). The number of nitrogens with zero attached hydrogens (tertiary/aromatic N) is 2. The first-order chi connectivity index (χ1) is 9.45. The maximum atomic E-state index is 5.93. The van der Waals surface area contributed by atoms with Crippen LogP contribution in [0.15, 0.2) is 23.2 Å². The molecule has 106 valence electrons. The van der Waals surface area contributed by atoms with Crippen molar-refractivity contribution in [1.29, 1.82) is 0 Å². The van der Waals surface area contributed by atoms with Gasteiger partial charge in [0.1, 0.15) is 0 Å². The van der Waals surface area contributed by atoms with Crippen LogP contribution in [0.2, 0.25) is 0 Å². The van der Waals surface area contributed by atoms with E-state index in [2.05, 4.69) is 40.4 Å². The predicted octanol–water partition coefficient (Wildman–Crippen LogP) is 2.57. The van der Waals surface area contributed by atoms with Crippen molar-refractivity contribution in [2.45, 2.75) is 34.2 Å². The third kappa shape index (κ3) is 3.38. The van der Waals surface area contributed by atoms with E-state index >= 15 is 0 Å². The highest BCUT2D eigenvalue weighted by atomic mass is 15.1. The molecule has 0 fully saturated rings. The van der Waals surface area contributed by atoms with Gasteiger partial charge in [-0.3, -0.25) is 5.10 Å². The lowest BCUT2D eigenvalue weighted by Gasteiger charge is -2.08. The highest BCUT2D eigenvalue weighted by molar-refractivity contribution is 5.92. The molecule has 1 aromatic heterocycles. The number of benzene rings is 1. The SMILES string of the molecule is Cc1cc(C)cc(NC(N)=NCc2c(C)n[nH]c2C)c1. The summed E-state index contributed by atoms with van der Waals surface area (Å²) in [5.74, 6) is 0.412. The second-order valence-corrected chi connectivity index (χ2v) is 5.12. The largest absolute Gasteiger partial charge is 0.370 e. The van der Waals surface area contributed by atoms with Crippen molar-refractivity contribution in [3.05, 3.63) is 46.3 Å². The molecule has 0 aliphatic rings. The standard InChI is InChI=1S/C15H21N5/c1-9-5-10(2)7-13(6-9)18-15(16)17-8-14-11(3)19-20-12(14)4/h5-7H,8H2,1-4H3,(H,19,20)(H3,16,17,18). The Morgan fingerprint density at radius 1 is 1.20 bits per heavy atom. The average Bonchev–Trinajstić information content (AvgIpc) is 2.65. The van der Waals surface area contributed by atoms with E-state index in [0.29, 0.717) is 12.5 Å². The van der Waals surface area contributed by atoms with E-state index in [0.717, 1.165) is 22.6 Å². The van der Waals surface area contributed by atoms with Gasteiger partial charge in [-0.15, -0.1) is 0 Å². The number of rotatable bonds is 3. The molecule has 4 N–H and O–H groups in total. The molecule has 0 spiro atoms. The van der Waals surface area contributed by atoms with Crippen LogP contribution >= 0.6 is 0 Å². The number of aromatic amines is 1. The number of hydrogen-bond acceptors (Lipinski definition) is 2. The second kappa shape index (κ2) is 5.77. The smallest absolute Gasteiger partial charge is 0.193 e. The number of anilines is 1. The van der Waals surface area contributed by atoms with Crippen LogP contribution in [0.4, 0.5) is 5.69 Å². The summed E-state index contributed by atoms with van der Waals surface area (Å²) in [6.45, 7) is 8.59. The Bertz CT molecular complexity index is 600. The fourth-order valence-corrected chi connectivity index (χ4v) is 2.21. The highest BCUT2D eigenvalue weighted by Crippen LogP contribution is 2.14. The maximum absolute atomic E-state index is 5.93. The first-order valence-electron chi connectivity index (χ1n) is 6.61. The van der Waals surface area contributed by atoms with Gasteiger partial charge in [0, 0.05) is 16.9 Å². The van der Waals surface area contributed by atoms with Crippen molar-refractivity contribution in [3.63, 3.8) is 0 Å². The molecular weight excluding hydrogens is 250 g/mol. The van der Waals surface area contributed by atoms with Crippen LogP contribution in [0.1, 0.15) is 28.1 Å². The molecule has 5 nitrogen and oxygen atoms in total. The monoisotopic (exact) mass is 271 g/mol. The number of guanidine groups is 1. The van der Waals surface area contributed by atoms with Crippen LogP contribution in [-0.2, 0) is 6.54 Å². The van der Waals surface area contributed by atoms with Crippen molar-refractivity contribution >= 4 is 11.6 Å². The fourth-order valence-electron chi connectivity index (χ4n) is 2.21. The summed E-state index contributed by atoms with van der Waals surface area (Å²) in [5.41, 5.74) is 12.4. The molecule has 0 aliphatic carbocycles. The lowest BCUT2D eigenvalue weighted by molar-refractivity contribution is 1.02. The zero-order chi connectivity index (χ0) is 14.7. The molecule has 0 atom stereocenters. The maximum Gasteiger partial charge on any atom is 0.193 e. The number of aryl methyl sites for hydroxylation is 4. The summed E-state index contributed by atoms with van der Waals surface area (Å²) in [6, 6.07) is 6.21. The van der Waals surface area contributed by atoms with Gasteiger partial charge >= 0.3 is 0 Å². The fraction of sp³-hybridized carbons (Fsp3) is 0.333. The van der Waals surface area contributed by atoms with Gasteiger partial charge in [-0.25, -0.2) is 4.99 Å². The summed E-state index contributed by atoms with van der Waals surface area (Å²) in [4.78, 5) is 4.37. The lowest BCUT2D eigenvalue weighted by Crippen LogP contribution is -2.22. The van der Waals surface area contributed by atoms with E-state index in [1.807, 2.05) is 26.0 Å². The lowest BCUT2D eigenvalue weighted by atomic mass is 10.1. The van der Waals surface area contributed by atoms with Gasteiger partial charge in [-0.1, -0.05) is 6.07 Å². The van der Waals surface area contributed by atoms with Crippen molar-refractivity contribution < 1.29 is 0 Å². The molecule has 5 heteroatoms. The molecule has 0 aliphatic heterocycles. The van der Waals surface area contributed by atoms with Gasteiger partial charge in [0.2, 0.25) is 0 Å². The Labute approximate surface area is 119 Å². The molecule has 1 aromatic carbocycles. The summed E-state index contributed by atoms with van der Waals surface area (Å²) in [6.07, 6.45) is 0. The quantitative estimate of drug-likeness (QED) is 0.593. The first kappa shape index (κ1) is 14.1. The molecule has 0 bridgehead atoms. The number of H-pyrrole nitrogens is 1. The molecule has 2 aromatic rings. The van der Waals surface area contributed by atoms with E-state index in [1.165, 1.54) is 11.1 Å². The van der Waals surface area contributed by atoms with Gasteiger partial charge in [0.15, 0.2) is 5.96 Å². The molecule has 0 unspecified atom stereocenters. The van der Waals surface area contributed by atoms with Crippen molar-refractivity contribution in [2.75, 3.05) is 5.32 Å². The predicted molar refractivity (Wildman–Crippen MR) is 82.9 cm³/mol. The molecular formula is C15H21N5. The highest BCUT2D eigenvalue weighted by Gasteiger charge is 2.05. The second-order valence-electron chi connectivity index (χ2n) is 5.12. The Kier molecular flexibility index (Phi) is 4.08. The number of hydrogen-bond donors (Lipinski definition) is 3. The first-order valence-corrected chi connectivity index (χ1v) is 6.61. The normalized spacial score (nSPS) is 11.7. The Morgan fingerprint density at radius 2 is 1.85 bits per heavy atom. The van der Waals surface area contributed by atoms with Crippen LogP contribution in [0.25, 0.3) is 0 Å². The van der Waals surface area contributed by atoms with E-state index in [-0.39, 0.29) is 0 Å². The Hall–Kier alpha value is -2.30. The van der Waals surface area contributed by atoms with Crippen LogP contribution < -0.4 is 11.1 Å². The average molecular weight is 271 g/mol. The third-order valence-corrected chi connectivity index (χ3v) is 3.18. The minimum atomic E-state index is 0.412. The minimum absolute atomic E-state index is 0.412. The number of aliphatic imine (C=N–C) groups is 1. The van der Waals surface area contributed by atoms with E-state index in [4.69, 9.17) is 5.73 Å². The van der Waals surface area contributed by atoms with Crippen LogP contribution in [-0.4, -0.2) is 16.2 Å². The zero-order valence-electron chi connectivity index (χ0n) is 12.4. The Balaban J connectivity index is 2.08. The van der Waals surface area contributed by atoms with Crippen molar-refractivity contribution in [3.8, 4) is 0 Å². The van der Waals surface area contributed by atoms with Gasteiger partial charge in [0.05, 0.1) is 12.2 Å². The molecule has 0 radical (unpaired) electrons. The number of nitrogens with two attached hydrogens (primary N) is 1. The summed E-state index contributed by atoms with van der Waals surface area (Å²) in [7, 11) is 0. The Morgan fingerprint density at radius 3 is 2.40 bits per heavy atom. The van der Waals surface area contributed by atoms with Crippen LogP contribution in [0, 0.1) is 27.7 Å². The van der Waals surface area contributed by atoms with Gasteiger partial charge in [-0.2, -0.15) is 5.10 Å². The molecule has 1 heterocycles. The van der Waals surface area contributed by atoms with E-state index in [9.17, 15) is 0 Å². The number of aromatic nitrogens is 2. The molecule has 0 amide bonds. The van der Waals surface area contributed by atoms with Crippen molar-refractivity contribution in [2.24, 2.45) is 10.7 Å². The molecule has 20 heavy (non-hydrogen) atoms. The summed E-state index contributed by atoms with van der Waals surface area (Å²) >= 11 is 0. The molecule has 0 saturated heterocycles. The zero-order valence-corrected chi connectivity index (χ0v) is 12.4. The van der Waals surface area contributed by atoms with E-state index < -0.39 is 0 Å². The summed E-state index contributed by atoms with van der Waals surface area (Å²) < 4.78 is 0. The number of nitrogens with one attached hydrogen (secondary N) is 2. The van der Waals surface area contributed by atoms with E-state index in [1.54, 1.807) is 0 Å². The van der Waals surface area contributed by atoms with Gasteiger partial charge in [-0.05, 0) is 51.0 Å². The minimum Gasteiger partial charge on any atom is -0.370 e. The summed E-state index contributed by atoms with van der Waals surface area (Å²) in [5, 5.41) is 10.2. The molecule has 0 saturated carbocycles. The van der Waals surface area contributed by atoms with Crippen LogP contribution in [0.5, 0.6) is 0 Å². The van der Waals surface area contributed by atoms with Gasteiger partial charge in [0.25, 0.3) is 0 Å². The van der Waals surface area contributed by atoms with Crippen molar-refractivity contribution in [1.82, 2.24) is 10.2 Å². The topological polar surface area (TPSA) is 79.1 Å². The van der Waals surface area contributed by atoms with Crippen LogP contribution in [0.3, 0.4) is 0 Å². The van der Waals surface area contributed by atoms with Gasteiger partial charge < -0.3 is 11.1 Å². The third-order valence-electron chi connectivity index (χ3n) is 3.18.